The van der Waals surface area contributed by atoms with Crippen LogP contribution in [-0.2, 0) is 11.3 Å². The molecule has 0 aliphatic rings. The van der Waals surface area contributed by atoms with Crippen molar-refractivity contribution in [3.05, 3.63) is 11.8 Å². The number of nitrogen functional groups attached to an aromatic ring is 1. The molecule has 1 heterocycles. The van der Waals surface area contributed by atoms with E-state index >= 15 is 0 Å². The average Bonchev–Trinajstić information content (AvgIpc) is 2.63. The number of ether oxygens (including phenoxy) is 2. The first-order valence-electron chi connectivity index (χ1n) is 5.75. The van der Waals surface area contributed by atoms with Gasteiger partial charge in [-0.2, -0.15) is 5.26 Å². The Morgan fingerprint density at radius 1 is 1.47 bits per heavy atom. The highest BCUT2D eigenvalue weighted by Crippen LogP contribution is 2.26. The maximum atomic E-state index is 9.02. The van der Waals surface area contributed by atoms with Crippen molar-refractivity contribution in [3.8, 4) is 11.9 Å². The fourth-order valence-corrected chi connectivity index (χ4v) is 1.57. The zero-order chi connectivity index (χ0) is 12.7. The Morgan fingerprint density at radius 3 is 2.82 bits per heavy atom. The normalized spacial score (nSPS) is 10.2. The van der Waals surface area contributed by atoms with Gasteiger partial charge in [0.2, 0.25) is 5.88 Å². The first kappa shape index (κ1) is 13.4. The molecule has 5 heteroatoms. The number of aromatic nitrogens is 1. The molecule has 0 radical (unpaired) electrons. The van der Waals surface area contributed by atoms with E-state index in [1.165, 1.54) is 0 Å². The lowest BCUT2D eigenvalue weighted by atomic mass is 10.3. The zero-order valence-corrected chi connectivity index (χ0v) is 10.4. The molecule has 0 atom stereocenters. The fraction of sp³-hybridized carbons (Fsp3) is 0.583. The van der Waals surface area contributed by atoms with Crippen LogP contribution in [0.3, 0.4) is 0 Å². The van der Waals surface area contributed by atoms with Crippen molar-refractivity contribution in [1.82, 2.24) is 4.57 Å². The minimum atomic E-state index is 0.432. The second-order valence-corrected chi connectivity index (χ2v) is 3.75. The first-order valence-corrected chi connectivity index (χ1v) is 5.75. The summed E-state index contributed by atoms with van der Waals surface area (Å²) in [7, 11) is 1.61. The van der Waals surface area contributed by atoms with Crippen LogP contribution in [0.15, 0.2) is 6.07 Å². The predicted molar refractivity (Wildman–Crippen MR) is 65.8 cm³/mol. The van der Waals surface area contributed by atoms with Crippen molar-refractivity contribution in [1.29, 1.82) is 5.26 Å². The maximum Gasteiger partial charge on any atom is 0.218 e. The van der Waals surface area contributed by atoms with Crippen molar-refractivity contribution >= 4 is 5.69 Å². The SMILES string of the molecule is CCCCn1c(C#N)cc(N)c1OCCOC. The van der Waals surface area contributed by atoms with E-state index < -0.39 is 0 Å². The van der Waals surface area contributed by atoms with Gasteiger partial charge in [0.1, 0.15) is 18.4 Å². The lowest BCUT2D eigenvalue weighted by Crippen LogP contribution is -2.10. The van der Waals surface area contributed by atoms with Crippen molar-refractivity contribution in [3.63, 3.8) is 0 Å². The Labute approximate surface area is 102 Å². The average molecular weight is 237 g/mol. The molecule has 1 rings (SSSR count). The smallest absolute Gasteiger partial charge is 0.218 e. The highest BCUT2D eigenvalue weighted by molar-refractivity contribution is 5.55. The second kappa shape index (κ2) is 6.81. The third kappa shape index (κ3) is 3.40. The van der Waals surface area contributed by atoms with Crippen LogP contribution in [0.4, 0.5) is 5.69 Å². The molecule has 2 N–H and O–H groups in total. The van der Waals surface area contributed by atoms with Crippen LogP contribution in [0.5, 0.6) is 5.88 Å². The molecule has 0 saturated heterocycles. The number of nitrogens with two attached hydrogens (primary N) is 1. The van der Waals surface area contributed by atoms with Gasteiger partial charge in [-0.25, -0.2) is 0 Å². The third-order valence-corrected chi connectivity index (χ3v) is 2.45. The highest BCUT2D eigenvalue weighted by atomic mass is 16.5. The summed E-state index contributed by atoms with van der Waals surface area (Å²) in [6.45, 7) is 3.78. The molecule has 1 aromatic rings. The molecule has 1 aromatic heterocycles. The van der Waals surface area contributed by atoms with Crippen molar-refractivity contribution in [2.75, 3.05) is 26.1 Å². The summed E-state index contributed by atoms with van der Waals surface area (Å²) in [5.74, 6) is 0.576. The molecule has 17 heavy (non-hydrogen) atoms. The van der Waals surface area contributed by atoms with E-state index in [1.54, 1.807) is 13.2 Å². The van der Waals surface area contributed by atoms with Crippen molar-refractivity contribution in [2.45, 2.75) is 26.3 Å². The van der Waals surface area contributed by atoms with E-state index in [4.69, 9.17) is 20.5 Å². The van der Waals surface area contributed by atoms with E-state index in [9.17, 15) is 0 Å². The molecule has 0 bridgehead atoms. The number of unbranched alkanes of at least 4 members (excludes halogenated alkanes) is 1. The van der Waals surface area contributed by atoms with Crippen LogP contribution in [0.25, 0.3) is 0 Å². The van der Waals surface area contributed by atoms with Gasteiger partial charge < -0.3 is 19.8 Å². The molecule has 94 valence electrons. The summed E-state index contributed by atoms with van der Waals surface area (Å²) in [6.07, 6.45) is 2.05. The molecule has 5 nitrogen and oxygen atoms in total. The van der Waals surface area contributed by atoms with E-state index in [2.05, 4.69) is 13.0 Å². The van der Waals surface area contributed by atoms with Gasteiger partial charge in [-0.3, -0.25) is 0 Å². The monoisotopic (exact) mass is 237 g/mol. The number of nitriles is 1. The Hall–Kier alpha value is -1.67. The van der Waals surface area contributed by atoms with Crippen molar-refractivity contribution < 1.29 is 9.47 Å². The van der Waals surface area contributed by atoms with Crippen molar-refractivity contribution in [2.24, 2.45) is 0 Å². The van der Waals surface area contributed by atoms with Crippen LogP contribution >= 0.6 is 0 Å². The summed E-state index contributed by atoms with van der Waals surface area (Å²) in [6, 6.07) is 3.78. The molecule has 0 aromatic carbocycles. The van der Waals surface area contributed by atoms with Gasteiger partial charge in [0.25, 0.3) is 0 Å². The third-order valence-electron chi connectivity index (χ3n) is 2.45. The molecule has 0 fully saturated rings. The van der Waals surface area contributed by atoms with Gasteiger partial charge in [-0.05, 0) is 6.42 Å². The van der Waals surface area contributed by atoms with Crippen LogP contribution < -0.4 is 10.5 Å². The molecule has 0 spiro atoms. The van der Waals surface area contributed by atoms with Gasteiger partial charge in [0.15, 0.2) is 0 Å². The molecule has 0 saturated carbocycles. The quantitative estimate of drug-likeness (QED) is 0.733. The van der Waals surface area contributed by atoms with Crippen LogP contribution in [0, 0.1) is 11.3 Å². The van der Waals surface area contributed by atoms with Gasteiger partial charge in [0.05, 0.1) is 12.3 Å². The van der Waals surface area contributed by atoms with Gasteiger partial charge in [-0.15, -0.1) is 0 Å². The lowest BCUT2D eigenvalue weighted by molar-refractivity contribution is 0.141. The first-order chi connectivity index (χ1) is 8.24. The summed E-state index contributed by atoms with van der Waals surface area (Å²) in [4.78, 5) is 0. The minimum Gasteiger partial charge on any atom is -0.475 e. The number of anilines is 1. The molecule has 0 amide bonds. The Balaban J connectivity index is 2.84. The van der Waals surface area contributed by atoms with E-state index in [0.29, 0.717) is 30.5 Å². The zero-order valence-electron chi connectivity index (χ0n) is 10.4. The summed E-state index contributed by atoms with van der Waals surface area (Å²) >= 11 is 0. The number of hydrogen-bond acceptors (Lipinski definition) is 4. The fourth-order valence-electron chi connectivity index (χ4n) is 1.57. The number of hydrogen-bond donors (Lipinski definition) is 1. The number of methoxy groups -OCH3 is 1. The van der Waals surface area contributed by atoms with Gasteiger partial charge >= 0.3 is 0 Å². The van der Waals surface area contributed by atoms with Crippen LogP contribution in [0.1, 0.15) is 25.5 Å². The van der Waals surface area contributed by atoms with E-state index in [0.717, 1.165) is 19.4 Å². The molecular weight excluding hydrogens is 218 g/mol. The Kier molecular flexibility index (Phi) is 5.37. The Morgan fingerprint density at radius 2 is 2.24 bits per heavy atom. The molecular formula is C12H19N3O2. The second-order valence-electron chi connectivity index (χ2n) is 3.75. The Bertz CT molecular complexity index is 393. The van der Waals surface area contributed by atoms with Crippen LogP contribution in [-0.4, -0.2) is 24.9 Å². The lowest BCUT2D eigenvalue weighted by Gasteiger charge is -2.11. The summed E-state index contributed by atoms with van der Waals surface area (Å²) in [5, 5.41) is 9.02. The van der Waals surface area contributed by atoms with Gasteiger partial charge in [-0.1, -0.05) is 13.3 Å². The predicted octanol–water partition coefficient (Wildman–Crippen LogP) is 1.77. The largest absolute Gasteiger partial charge is 0.475 e. The molecule has 0 unspecified atom stereocenters. The standard InChI is InChI=1S/C12H19N3O2/c1-3-4-5-15-10(9-13)8-11(14)12(15)17-7-6-16-2/h8H,3-7,14H2,1-2H3. The van der Waals surface area contributed by atoms with E-state index in [1.807, 2.05) is 4.57 Å². The van der Waals surface area contributed by atoms with Gasteiger partial charge in [0, 0.05) is 19.7 Å². The number of nitrogens with zero attached hydrogens (tertiary/aromatic N) is 2. The minimum absolute atomic E-state index is 0.432. The van der Waals surface area contributed by atoms with E-state index in [-0.39, 0.29) is 0 Å². The molecule has 0 aliphatic heterocycles. The van der Waals surface area contributed by atoms with Crippen LogP contribution in [0.2, 0.25) is 0 Å². The summed E-state index contributed by atoms with van der Waals surface area (Å²) in [5.41, 5.74) is 6.89. The molecule has 0 aliphatic carbocycles. The number of rotatable bonds is 7. The topological polar surface area (TPSA) is 73.2 Å². The summed E-state index contributed by atoms with van der Waals surface area (Å²) < 4.78 is 12.3. The highest BCUT2D eigenvalue weighted by Gasteiger charge is 2.13. The maximum absolute atomic E-state index is 9.02.